The van der Waals surface area contributed by atoms with Crippen LogP contribution >= 0.6 is 0 Å². The van der Waals surface area contributed by atoms with Crippen molar-refractivity contribution in [3.63, 3.8) is 0 Å². The Morgan fingerprint density at radius 1 is 1.13 bits per heavy atom. The Bertz CT molecular complexity index is 1560. The molecule has 2 aromatic heterocycles. The maximum atomic E-state index is 12.5. The van der Waals surface area contributed by atoms with Gasteiger partial charge >= 0.3 is 0 Å². The summed E-state index contributed by atoms with van der Waals surface area (Å²) in [6, 6.07) is 16.3. The average molecular weight is 550 g/mol. The highest BCUT2D eigenvalue weighted by Gasteiger charge is 2.18. The molecule has 204 valence electrons. The number of aromatic nitrogens is 3. The number of nitrogens with one attached hydrogen (secondary N) is 4. The first kappa shape index (κ1) is 26.4. The van der Waals surface area contributed by atoms with Crippen molar-refractivity contribution in [1.29, 1.82) is 0 Å². The Hall–Kier alpha value is -4.16. The number of rotatable bonds is 10. The fourth-order valence-electron chi connectivity index (χ4n) is 4.40. The molecule has 2 aromatic carbocycles. The number of hydrogen-bond donors (Lipinski definition) is 4. The van der Waals surface area contributed by atoms with Crippen molar-refractivity contribution < 1.29 is 17.9 Å². The Morgan fingerprint density at radius 3 is 2.67 bits per heavy atom. The van der Waals surface area contributed by atoms with Crippen molar-refractivity contribution in [3.8, 4) is 0 Å². The number of carbonyl (C=O) groups is 1. The summed E-state index contributed by atoms with van der Waals surface area (Å²) in [5.74, 6) is 0.810. The van der Waals surface area contributed by atoms with Crippen LogP contribution in [0.2, 0.25) is 0 Å². The van der Waals surface area contributed by atoms with Crippen LogP contribution in [0.3, 0.4) is 0 Å². The van der Waals surface area contributed by atoms with Gasteiger partial charge in [0.25, 0.3) is 5.91 Å². The SMILES string of the molecule is CN(c1ccccc1CNc1nc(Nc2ccc(C(=O)NCC3CCCO3)cc2)nc2[nH]ccc12)S(C)(=O)=O. The molecule has 5 rings (SSSR count). The van der Waals surface area contributed by atoms with Gasteiger partial charge in [0.2, 0.25) is 16.0 Å². The average Bonchev–Trinajstić information content (AvgIpc) is 3.62. The van der Waals surface area contributed by atoms with Crippen LogP contribution in [0.1, 0.15) is 28.8 Å². The van der Waals surface area contributed by atoms with Crippen LogP contribution in [0.4, 0.5) is 23.1 Å². The Morgan fingerprint density at radius 2 is 1.92 bits per heavy atom. The van der Waals surface area contributed by atoms with Crippen molar-refractivity contribution in [2.75, 3.05) is 41.4 Å². The molecule has 12 heteroatoms. The molecule has 11 nitrogen and oxygen atoms in total. The summed E-state index contributed by atoms with van der Waals surface area (Å²) in [7, 11) is -1.88. The summed E-state index contributed by atoms with van der Waals surface area (Å²) in [6.07, 6.45) is 5.04. The molecule has 1 atom stereocenters. The maximum absolute atomic E-state index is 12.5. The van der Waals surface area contributed by atoms with Crippen LogP contribution < -0.4 is 20.3 Å². The molecule has 1 fully saturated rings. The quantitative estimate of drug-likeness (QED) is 0.235. The fourth-order valence-corrected chi connectivity index (χ4v) is 4.94. The van der Waals surface area contributed by atoms with E-state index >= 15 is 0 Å². The van der Waals surface area contributed by atoms with E-state index in [1.165, 1.54) is 17.6 Å². The first-order valence-electron chi connectivity index (χ1n) is 12.7. The lowest BCUT2D eigenvalue weighted by Crippen LogP contribution is -2.31. The van der Waals surface area contributed by atoms with Crippen molar-refractivity contribution in [1.82, 2.24) is 20.3 Å². The van der Waals surface area contributed by atoms with Gasteiger partial charge in [-0.1, -0.05) is 18.2 Å². The minimum Gasteiger partial charge on any atom is -0.376 e. The normalized spacial score (nSPS) is 15.3. The molecule has 4 aromatic rings. The number of fused-ring (bicyclic) bond motifs is 1. The van der Waals surface area contributed by atoms with Crippen LogP contribution in [-0.4, -0.2) is 61.8 Å². The summed E-state index contributed by atoms with van der Waals surface area (Å²) < 4.78 is 31.0. The van der Waals surface area contributed by atoms with E-state index in [9.17, 15) is 13.2 Å². The molecule has 1 amide bonds. The molecule has 0 saturated carbocycles. The van der Waals surface area contributed by atoms with Gasteiger partial charge in [0.05, 0.1) is 23.4 Å². The minimum absolute atomic E-state index is 0.0897. The lowest BCUT2D eigenvalue weighted by atomic mass is 10.1. The van der Waals surface area contributed by atoms with E-state index in [0.29, 0.717) is 41.8 Å². The number of nitrogens with zero attached hydrogens (tertiary/aromatic N) is 3. The molecule has 0 spiro atoms. The number of aromatic amines is 1. The van der Waals surface area contributed by atoms with Crippen molar-refractivity contribution in [3.05, 3.63) is 71.9 Å². The molecule has 1 aliphatic heterocycles. The molecule has 1 aliphatic rings. The third kappa shape index (κ3) is 6.29. The number of sulfonamides is 1. The molecular weight excluding hydrogens is 518 g/mol. The highest BCUT2D eigenvalue weighted by atomic mass is 32.2. The lowest BCUT2D eigenvalue weighted by Gasteiger charge is -2.20. The molecule has 4 N–H and O–H groups in total. The number of H-pyrrole nitrogens is 1. The predicted octanol–water partition coefficient (Wildman–Crippen LogP) is 3.62. The van der Waals surface area contributed by atoms with Crippen molar-refractivity contribution in [2.45, 2.75) is 25.5 Å². The summed E-state index contributed by atoms with van der Waals surface area (Å²) >= 11 is 0. The monoisotopic (exact) mass is 549 g/mol. The molecule has 0 bridgehead atoms. The third-order valence-corrected chi connectivity index (χ3v) is 7.80. The second-order valence-electron chi connectivity index (χ2n) is 9.40. The number of para-hydroxylation sites is 1. The largest absolute Gasteiger partial charge is 0.376 e. The zero-order chi connectivity index (χ0) is 27.4. The van der Waals surface area contributed by atoms with Gasteiger partial charge in [-0.05, 0) is 54.8 Å². The molecular formula is C27H31N7O4S. The molecule has 1 saturated heterocycles. The van der Waals surface area contributed by atoms with Crippen LogP contribution in [-0.2, 0) is 21.3 Å². The standard InChI is InChI=1S/C27H31N7O4S/c1-34(39(2,36)37)23-8-4-3-6-19(23)16-29-25-22-13-14-28-24(22)32-27(33-25)31-20-11-9-18(10-12-20)26(35)30-17-21-7-5-15-38-21/h3-4,6,8-14,21H,5,7,15-17H2,1-2H3,(H,30,35)(H3,28,29,31,32,33). The molecule has 1 unspecified atom stereocenters. The summed E-state index contributed by atoms with van der Waals surface area (Å²) in [4.78, 5) is 24.8. The number of anilines is 4. The minimum atomic E-state index is -3.41. The van der Waals surface area contributed by atoms with Gasteiger partial charge in [-0.2, -0.15) is 9.97 Å². The first-order chi connectivity index (χ1) is 18.8. The van der Waals surface area contributed by atoms with Gasteiger partial charge in [0, 0.05) is 44.2 Å². The number of amides is 1. The van der Waals surface area contributed by atoms with E-state index in [4.69, 9.17) is 4.74 Å². The third-order valence-electron chi connectivity index (χ3n) is 6.61. The van der Waals surface area contributed by atoms with Crippen LogP contribution in [0.25, 0.3) is 11.0 Å². The maximum Gasteiger partial charge on any atom is 0.251 e. The molecule has 39 heavy (non-hydrogen) atoms. The fraction of sp³-hybridized carbons (Fsp3) is 0.296. The zero-order valence-electron chi connectivity index (χ0n) is 21.8. The van der Waals surface area contributed by atoms with Gasteiger partial charge in [-0.3, -0.25) is 9.10 Å². The number of carbonyl (C=O) groups excluding carboxylic acids is 1. The van der Waals surface area contributed by atoms with Crippen molar-refractivity contribution >= 4 is 50.1 Å². The van der Waals surface area contributed by atoms with Gasteiger partial charge < -0.3 is 25.7 Å². The van der Waals surface area contributed by atoms with Gasteiger partial charge in [0.1, 0.15) is 11.5 Å². The van der Waals surface area contributed by atoms with E-state index in [0.717, 1.165) is 36.1 Å². The van der Waals surface area contributed by atoms with E-state index < -0.39 is 10.0 Å². The smallest absolute Gasteiger partial charge is 0.251 e. The number of hydrogen-bond acceptors (Lipinski definition) is 8. The van der Waals surface area contributed by atoms with Gasteiger partial charge in [-0.25, -0.2) is 8.42 Å². The Balaban J connectivity index is 1.29. The van der Waals surface area contributed by atoms with Crippen molar-refractivity contribution in [2.24, 2.45) is 0 Å². The number of ether oxygens (including phenoxy) is 1. The van der Waals surface area contributed by atoms with Crippen LogP contribution in [0.5, 0.6) is 0 Å². The van der Waals surface area contributed by atoms with E-state index in [1.54, 1.807) is 42.6 Å². The second kappa shape index (κ2) is 11.3. The predicted molar refractivity (Wildman–Crippen MR) is 152 cm³/mol. The number of benzene rings is 2. The first-order valence-corrected chi connectivity index (χ1v) is 14.5. The highest BCUT2D eigenvalue weighted by Crippen LogP contribution is 2.26. The topological polar surface area (TPSA) is 141 Å². The summed E-state index contributed by atoms with van der Waals surface area (Å²) in [6.45, 7) is 1.61. The lowest BCUT2D eigenvalue weighted by molar-refractivity contribution is 0.0858. The zero-order valence-corrected chi connectivity index (χ0v) is 22.6. The summed E-state index contributed by atoms with van der Waals surface area (Å²) in [5.41, 5.74) is 3.31. The molecule has 3 heterocycles. The van der Waals surface area contributed by atoms with Gasteiger partial charge in [0.15, 0.2) is 0 Å². The van der Waals surface area contributed by atoms with E-state index in [-0.39, 0.29) is 12.0 Å². The second-order valence-corrected chi connectivity index (χ2v) is 11.4. The Labute approximate surface area is 227 Å². The molecule has 0 aliphatic carbocycles. The summed E-state index contributed by atoms with van der Waals surface area (Å²) in [5, 5.41) is 10.2. The van der Waals surface area contributed by atoms with Gasteiger partial charge in [-0.15, -0.1) is 0 Å². The molecule has 0 radical (unpaired) electrons. The Kier molecular flexibility index (Phi) is 7.66. The van der Waals surface area contributed by atoms with E-state index in [1.807, 2.05) is 18.2 Å². The van der Waals surface area contributed by atoms with E-state index in [2.05, 4.69) is 30.9 Å². The van der Waals surface area contributed by atoms with Crippen LogP contribution in [0, 0.1) is 0 Å². The van der Waals surface area contributed by atoms with Crippen LogP contribution in [0.15, 0.2) is 60.8 Å². The highest BCUT2D eigenvalue weighted by molar-refractivity contribution is 7.92.